The second kappa shape index (κ2) is 9.70. The maximum absolute atomic E-state index is 12.9. The van der Waals surface area contributed by atoms with Crippen LogP contribution >= 0.6 is 11.3 Å². The largest absolute Gasteiger partial charge is 0.487 e. The van der Waals surface area contributed by atoms with Crippen LogP contribution in [0.25, 0.3) is 11.8 Å². The number of ether oxygens (including phenoxy) is 1. The van der Waals surface area contributed by atoms with Crippen LogP contribution in [0.3, 0.4) is 0 Å². The molecular weight excluding hydrogens is 436 g/mol. The minimum Gasteiger partial charge on any atom is -0.487 e. The second-order valence-electron chi connectivity index (χ2n) is 7.48. The summed E-state index contributed by atoms with van der Waals surface area (Å²) in [4.78, 5) is 29.9. The number of hydrogen-bond donors (Lipinski definition) is 1. The molecule has 7 nitrogen and oxygen atoms in total. The summed E-state index contributed by atoms with van der Waals surface area (Å²) >= 11 is 1.59. The monoisotopic (exact) mass is 460 g/mol. The molecule has 0 spiro atoms. The van der Waals surface area contributed by atoms with E-state index in [9.17, 15) is 9.59 Å². The van der Waals surface area contributed by atoms with Gasteiger partial charge in [0, 0.05) is 18.5 Å². The fourth-order valence-corrected chi connectivity index (χ4v) is 3.99. The summed E-state index contributed by atoms with van der Waals surface area (Å²) in [6.45, 7) is 4.14. The van der Waals surface area contributed by atoms with E-state index in [1.54, 1.807) is 36.1 Å². The molecule has 1 N–H and O–H groups in total. The van der Waals surface area contributed by atoms with E-state index in [2.05, 4.69) is 10.3 Å². The SMILES string of the molecule is Cc1nc(COc2cccc(/C=C/C(=O)Nc3c(C)n(C)n(-c4ccccc4)c3=O)c2)cs1. The molecule has 0 saturated carbocycles. The van der Waals surface area contributed by atoms with Gasteiger partial charge in [0.25, 0.3) is 5.56 Å². The number of nitrogens with zero attached hydrogens (tertiary/aromatic N) is 3. The van der Waals surface area contributed by atoms with Crippen molar-refractivity contribution in [3.05, 3.63) is 98.4 Å². The lowest BCUT2D eigenvalue weighted by Crippen LogP contribution is -2.22. The Hall–Kier alpha value is -3.91. The number of carbonyl (C=O) groups is 1. The number of aryl methyl sites for hydroxylation is 1. The molecule has 0 aliphatic rings. The molecule has 0 fully saturated rings. The third-order valence-electron chi connectivity index (χ3n) is 5.14. The zero-order valence-electron chi connectivity index (χ0n) is 18.6. The van der Waals surface area contributed by atoms with Gasteiger partial charge in [-0.1, -0.05) is 30.3 Å². The van der Waals surface area contributed by atoms with Crippen molar-refractivity contribution < 1.29 is 9.53 Å². The van der Waals surface area contributed by atoms with Gasteiger partial charge in [-0.15, -0.1) is 11.3 Å². The molecule has 0 aliphatic heterocycles. The lowest BCUT2D eigenvalue weighted by molar-refractivity contribution is -0.111. The Morgan fingerprint density at radius 2 is 1.94 bits per heavy atom. The van der Waals surface area contributed by atoms with Crippen LogP contribution in [0.1, 0.15) is 22.0 Å². The molecule has 0 aliphatic carbocycles. The summed E-state index contributed by atoms with van der Waals surface area (Å²) in [5.41, 5.74) is 3.06. The molecule has 168 valence electrons. The number of carbonyl (C=O) groups excluding carboxylic acids is 1. The molecule has 1 amide bonds. The van der Waals surface area contributed by atoms with Crippen LogP contribution in [0.2, 0.25) is 0 Å². The topological polar surface area (TPSA) is 78.2 Å². The predicted molar refractivity (Wildman–Crippen MR) is 131 cm³/mol. The van der Waals surface area contributed by atoms with E-state index in [0.717, 1.165) is 22.0 Å². The first-order chi connectivity index (χ1) is 15.9. The van der Waals surface area contributed by atoms with Crippen molar-refractivity contribution in [3.63, 3.8) is 0 Å². The summed E-state index contributed by atoms with van der Waals surface area (Å²) in [6.07, 6.45) is 3.09. The van der Waals surface area contributed by atoms with E-state index in [-0.39, 0.29) is 17.2 Å². The zero-order chi connectivity index (χ0) is 23.4. The third-order valence-corrected chi connectivity index (χ3v) is 5.96. The maximum Gasteiger partial charge on any atom is 0.295 e. The van der Waals surface area contributed by atoms with Gasteiger partial charge in [0.15, 0.2) is 0 Å². The minimum atomic E-state index is -0.384. The van der Waals surface area contributed by atoms with E-state index in [4.69, 9.17) is 4.74 Å². The van der Waals surface area contributed by atoms with Crippen LogP contribution in [0.15, 0.2) is 70.8 Å². The highest BCUT2D eigenvalue weighted by molar-refractivity contribution is 7.09. The molecule has 2 aromatic carbocycles. The molecule has 8 heteroatoms. The van der Waals surface area contributed by atoms with Gasteiger partial charge in [0.05, 0.1) is 22.1 Å². The number of nitrogens with one attached hydrogen (secondary N) is 1. The number of benzene rings is 2. The van der Waals surface area contributed by atoms with Crippen LogP contribution < -0.4 is 15.6 Å². The van der Waals surface area contributed by atoms with Crippen LogP contribution in [0, 0.1) is 13.8 Å². The van der Waals surface area contributed by atoms with E-state index in [1.807, 2.05) is 66.9 Å². The highest BCUT2D eigenvalue weighted by atomic mass is 32.1. The van der Waals surface area contributed by atoms with E-state index in [0.29, 0.717) is 18.1 Å². The maximum atomic E-state index is 12.9. The average Bonchev–Trinajstić information content (AvgIpc) is 3.33. The summed E-state index contributed by atoms with van der Waals surface area (Å²) in [5, 5.41) is 5.70. The van der Waals surface area contributed by atoms with Gasteiger partial charge in [0.2, 0.25) is 5.91 Å². The molecule has 0 radical (unpaired) electrons. The van der Waals surface area contributed by atoms with Crippen molar-refractivity contribution in [1.29, 1.82) is 0 Å². The van der Waals surface area contributed by atoms with Crippen molar-refractivity contribution in [2.45, 2.75) is 20.5 Å². The first-order valence-electron chi connectivity index (χ1n) is 10.4. The fourth-order valence-electron chi connectivity index (χ4n) is 3.39. The summed E-state index contributed by atoms with van der Waals surface area (Å²) in [6, 6.07) is 16.7. The summed E-state index contributed by atoms with van der Waals surface area (Å²) < 4.78 is 9.05. The Morgan fingerprint density at radius 3 is 2.67 bits per heavy atom. The van der Waals surface area contributed by atoms with Crippen LogP contribution in [-0.2, 0) is 18.4 Å². The highest BCUT2D eigenvalue weighted by Crippen LogP contribution is 2.18. The molecule has 4 rings (SSSR count). The van der Waals surface area contributed by atoms with Crippen LogP contribution in [-0.4, -0.2) is 20.3 Å². The van der Waals surface area contributed by atoms with E-state index in [1.165, 1.54) is 10.8 Å². The Kier molecular flexibility index (Phi) is 6.55. The van der Waals surface area contributed by atoms with Crippen molar-refractivity contribution in [3.8, 4) is 11.4 Å². The highest BCUT2D eigenvalue weighted by Gasteiger charge is 2.17. The molecule has 2 aromatic heterocycles. The zero-order valence-corrected chi connectivity index (χ0v) is 19.4. The lowest BCUT2D eigenvalue weighted by atomic mass is 10.2. The van der Waals surface area contributed by atoms with Crippen molar-refractivity contribution in [2.75, 3.05) is 5.32 Å². The fraction of sp³-hybridized carbons (Fsp3) is 0.160. The first kappa shape index (κ1) is 22.3. The Bertz CT molecular complexity index is 1370. The number of para-hydroxylation sites is 1. The van der Waals surface area contributed by atoms with Gasteiger partial charge in [0.1, 0.15) is 18.0 Å². The van der Waals surface area contributed by atoms with Gasteiger partial charge < -0.3 is 10.1 Å². The van der Waals surface area contributed by atoms with Crippen molar-refractivity contribution in [2.24, 2.45) is 7.05 Å². The number of anilines is 1. The van der Waals surface area contributed by atoms with Crippen molar-refractivity contribution in [1.82, 2.24) is 14.3 Å². The minimum absolute atomic E-state index is 0.256. The number of hydrogen-bond acceptors (Lipinski definition) is 5. The average molecular weight is 461 g/mol. The Labute approximate surface area is 195 Å². The lowest BCUT2D eigenvalue weighted by Gasteiger charge is -2.07. The summed E-state index contributed by atoms with van der Waals surface area (Å²) in [7, 11) is 1.79. The van der Waals surface area contributed by atoms with Crippen LogP contribution in [0.5, 0.6) is 5.75 Å². The first-order valence-corrected chi connectivity index (χ1v) is 11.3. The quantitative estimate of drug-likeness (QED) is 0.413. The molecule has 0 saturated heterocycles. The van der Waals surface area contributed by atoms with Gasteiger partial charge >= 0.3 is 0 Å². The molecule has 0 bridgehead atoms. The molecule has 0 atom stereocenters. The molecule has 0 unspecified atom stereocenters. The number of rotatable bonds is 7. The summed E-state index contributed by atoms with van der Waals surface area (Å²) in [5.74, 6) is 0.304. The number of aromatic nitrogens is 3. The van der Waals surface area contributed by atoms with Crippen molar-refractivity contribution >= 4 is 29.0 Å². The van der Waals surface area contributed by atoms with Gasteiger partial charge in [-0.25, -0.2) is 9.67 Å². The van der Waals surface area contributed by atoms with E-state index >= 15 is 0 Å². The number of amides is 1. The normalized spacial score (nSPS) is 11.1. The Morgan fingerprint density at radius 1 is 1.15 bits per heavy atom. The predicted octanol–water partition coefficient (Wildman–Crippen LogP) is 4.48. The molecular formula is C25H24N4O3S. The van der Waals surface area contributed by atoms with Gasteiger partial charge in [-0.3, -0.25) is 14.3 Å². The van der Waals surface area contributed by atoms with Gasteiger partial charge in [-0.2, -0.15) is 0 Å². The number of thiazole rings is 1. The third kappa shape index (κ3) is 5.12. The van der Waals surface area contributed by atoms with E-state index < -0.39 is 0 Å². The van der Waals surface area contributed by atoms with Crippen LogP contribution in [0.4, 0.5) is 5.69 Å². The molecule has 2 heterocycles. The van der Waals surface area contributed by atoms with Gasteiger partial charge in [-0.05, 0) is 49.8 Å². The standard InChI is InChI=1S/C25H24N4O3S/c1-17-24(25(31)29(28(17)3)21-9-5-4-6-10-21)27-23(30)13-12-19-8-7-11-22(14-19)32-15-20-16-33-18(2)26-20/h4-14,16H,15H2,1-3H3,(H,27,30)/b13-12+. The molecule has 33 heavy (non-hydrogen) atoms. The Balaban J connectivity index is 1.45. The molecule has 4 aromatic rings. The smallest absolute Gasteiger partial charge is 0.295 e. The second-order valence-corrected chi connectivity index (χ2v) is 8.54.